The Morgan fingerprint density at radius 3 is 2.41 bits per heavy atom. The predicted octanol–water partition coefficient (Wildman–Crippen LogP) is 4.61. The molecule has 156 valence electrons. The molecule has 5 heteroatoms. The van der Waals surface area contributed by atoms with Crippen molar-refractivity contribution in [2.24, 2.45) is 0 Å². The quantitative estimate of drug-likeness (QED) is 0.578. The molecule has 0 saturated carbocycles. The minimum Gasteiger partial charge on any atom is -0.494 e. The Labute approximate surface area is 173 Å². The van der Waals surface area contributed by atoms with Gasteiger partial charge in [-0.25, -0.2) is 4.39 Å². The molecule has 0 aromatic heterocycles. The highest BCUT2D eigenvalue weighted by Crippen LogP contribution is 2.19. The summed E-state index contributed by atoms with van der Waals surface area (Å²) in [5, 5.41) is 0. The third-order valence-corrected chi connectivity index (χ3v) is 5.47. The fourth-order valence-electron chi connectivity index (χ4n) is 3.95. The molecule has 29 heavy (non-hydrogen) atoms. The molecule has 0 atom stereocenters. The molecule has 2 aromatic rings. The number of nitrogens with zero attached hydrogens (tertiary/aromatic N) is 2. The number of hydrogen-bond donors (Lipinski definition) is 0. The Kier molecular flexibility index (Phi) is 8.05. The number of carbonyl (C=O) groups is 1. The first-order valence-corrected chi connectivity index (χ1v) is 10.6. The van der Waals surface area contributed by atoms with Gasteiger partial charge in [0, 0.05) is 31.2 Å². The molecule has 1 aliphatic heterocycles. The van der Waals surface area contributed by atoms with Crippen LogP contribution in [0.1, 0.15) is 43.0 Å². The van der Waals surface area contributed by atoms with E-state index in [1.54, 1.807) is 12.1 Å². The summed E-state index contributed by atoms with van der Waals surface area (Å²) in [5.41, 5.74) is 0.773. The van der Waals surface area contributed by atoms with E-state index in [9.17, 15) is 9.18 Å². The number of hydrogen-bond acceptors (Lipinski definition) is 3. The fourth-order valence-corrected chi connectivity index (χ4v) is 3.95. The Balaban J connectivity index is 1.43. The maximum atomic E-state index is 13.0. The number of likely N-dealkylation sites (tertiary alicyclic amines) is 1. The van der Waals surface area contributed by atoms with Crippen LogP contribution < -0.4 is 4.74 Å². The van der Waals surface area contributed by atoms with Gasteiger partial charge in [0.15, 0.2) is 0 Å². The summed E-state index contributed by atoms with van der Waals surface area (Å²) in [6, 6.07) is 16.2. The largest absolute Gasteiger partial charge is 0.494 e. The van der Waals surface area contributed by atoms with E-state index >= 15 is 0 Å². The Bertz CT molecular complexity index is 743. The number of amides is 1. The van der Waals surface area contributed by atoms with Gasteiger partial charge < -0.3 is 14.5 Å². The molecule has 2 aromatic carbocycles. The highest BCUT2D eigenvalue weighted by atomic mass is 19.1. The van der Waals surface area contributed by atoms with Gasteiger partial charge in [-0.2, -0.15) is 0 Å². The summed E-state index contributed by atoms with van der Waals surface area (Å²) < 4.78 is 18.7. The molecule has 1 saturated heterocycles. The lowest BCUT2D eigenvalue weighted by atomic mass is 10.0. The molecule has 0 bridgehead atoms. The van der Waals surface area contributed by atoms with E-state index in [0.717, 1.165) is 57.4 Å². The fraction of sp³-hybridized carbons (Fsp3) is 0.458. The van der Waals surface area contributed by atoms with Crippen LogP contribution in [-0.2, 0) is 0 Å². The topological polar surface area (TPSA) is 32.8 Å². The average Bonchev–Trinajstić information content (AvgIpc) is 2.77. The number of benzene rings is 2. The molecule has 1 heterocycles. The molecule has 1 aliphatic rings. The molecule has 0 N–H and O–H groups in total. The van der Waals surface area contributed by atoms with Gasteiger partial charge in [-0.1, -0.05) is 25.1 Å². The number of halogens is 1. The molecule has 0 radical (unpaired) electrons. The third kappa shape index (κ3) is 6.29. The van der Waals surface area contributed by atoms with Crippen molar-refractivity contribution < 1.29 is 13.9 Å². The maximum absolute atomic E-state index is 13.0. The van der Waals surface area contributed by atoms with E-state index < -0.39 is 0 Å². The van der Waals surface area contributed by atoms with Crippen LogP contribution in [0.3, 0.4) is 0 Å². The van der Waals surface area contributed by atoms with Crippen molar-refractivity contribution in [3.05, 3.63) is 66.0 Å². The molecular weight excluding hydrogens is 367 g/mol. The van der Waals surface area contributed by atoms with Crippen molar-refractivity contribution >= 4 is 5.91 Å². The van der Waals surface area contributed by atoms with Crippen LogP contribution in [0.25, 0.3) is 0 Å². The van der Waals surface area contributed by atoms with E-state index in [0.29, 0.717) is 18.4 Å². The monoisotopic (exact) mass is 398 g/mol. The number of rotatable bonds is 9. The van der Waals surface area contributed by atoms with Gasteiger partial charge in [-0.3, -0.25) is 4.79 Å². The van der Waals surface area contributed by atoms with E-state index in [2.05, 4.69) is 11.8 Å². The lowest BCUT2D eigenvalue weighted by molar-refractivity contribution is 0.0611. The lowest BCUT2D eigenvalue weighted by Gasteiger charge is -2.38. The molecule has 0 aliphatic carbocycles. The molecule has 1 amide bonds. The zero-order valence-corrected chi connectivity index (χ0v) is 17.2. The first kappa shape index (κ1) is 21.3. The van der Waals surface area contributed by atoms with Gasteiger partial charge in [-0.05, 0) is 68.6 Å². The van der Waals surface area contributed by atoms with Crippen molar-refractivity contribution in [1.82, 2.24) is 9.80 Å². The summed E-state index contributed by atoms with van der Waals surface area (Å²) in [6.07, 6.45) is 4.07. The highest BCUT2D eigenvalue weighted by molar-refractivity contribution is 5.94. The van der Waals surface area contributed by atoms with Crippen molar-refractivity contribution in [3.63, 3.8) is 0 Å². The van der Waals surface area contributed by atoms with Crippen LogP contribution in [0.15, 0.2) is 54.6 Å². The standard InChI is InChI=1S/C24H31FN2O2/c1-2-15-26(16-6-19-29-23-11-9-21(25)10-12-23)22-13-17-27(18-14-22)24(28)20-7-4-3-5-8-20/h3-5,7-12,22H,2,6,13-19H2,1H3. The van der Waals surface area contributed by atoms with Crippen LogP contribution in [0.5, 0.6) is 5.75 Å². The van der Waals surface area contributed by atoms with Crippen molar-refractivity contribution in [3.8, 4) is 5.75 Å². The third-order valence-electron chi connectivity index (χ3n) is 5.47. The number of carbonyl (C=O) groups excluding carboxylic acids is 1. The first-order valence-electron chi connectivity index (χ1n) is 10.6. The molecule has 4 nitrogen and oxygen atoms in total. The van der Waals surface area contributed by atoms with Crippen LogP contribution in [-0.4, -0.2) is 54.5 Å². The zero-order chi connectivity index (χ0) is 20.5. The molecule has 0 unspecified atom stereocenters. The highest BCUT2D eigenvalue weighted by Gasteiger charge is 2.26. The summed E-state index contributed by atoms with van der Waals surface area (Å²) in [6.45, 7) is 6.49. The van der Waals surface area contributed by atoms with Gasteiger partial charge in [0.1, 0.15) is 11.6 Å². The van der Waals surface area contributed by atoms with Gasteiger partial charge in [0.25, 0.3) is 5.91 Å². The normalized spacial score (nSPS) is 14.9. The van der Waals surface area contributed by atoms with E-state index in [1.165, 1.54) is 12.1 Å². The van der Waals surface area contributed by atoms with Gasteiger partial charge in [-0.15, -0.1) is 0 Å². The second-order valence-corrected chi connectivity index (χ2v) is 7.58. The first-order chi connectivity index (χ1) is 14.2. The van der Waals surface area contributed by atoms with Gasteiger partial charge >= 0.3 is 0 Å². The van der Waals surface area contributed by atoms with Crippen molar-refractivity contribution in [2.45, 2.75) is 38.6 Å². The summed E-state index contributed by atoms with van der Waals surface area (Å²) >= 11 is 0. The lowest BCUT2D eigenvalue weighted by Crippen LogP contribution is -2.47. The molecule has 3 rings (SSSR count). The predicted molar refractivity (Wildman–Crippen MR) is 114 cm³/mol. The van der Waals surface area contributed by atoms with Crippen molar-refractivity contribution in [1.29, 1.82) is 0 Å². The molecular formula is C24H31FN2O2. The van der Waals surface area contributed by atoms with Crippen molar-refractivity contribution in [2.75, 3.05) is 32.8 Å². The van der Waals surface area contributed by atoms with E-state index in [-0.39, 0.29) is 11.7 Å². The zero-order valence-electron chi connectivity index (χ0n) is 17.2. The van der Waals surface area contributed by atoms with Gasteiger partial charge in [0.05, 0.1) is 6.61 Å². The van der Waals surface area contributed by atoms with Crippen LogP contribution in [0, 0.1) is 5.82 Å². The Morgan fingerprint density at radius 2 is 1.76 bits per heavy atom. The number of ether oxygens (including phenoxy) is 1. The smallest absolute Gasteiger partial charge is 0.253 e. The summed E-state index contributed by atoms with van der Waals surface area (Å²) in [5.74, 6) is 0.600. The average molecular weight is 399 g/mol. The van der Waals surface area contributed by atoms with E-state index in [4.69, 9.17) is 4.74 Å². The molecule has 1 fully saturated rings. The van der Waals surface area contributed by atoms with Crippen LogP contribution in [0.2, 0.25) is 0 Å². The summed E-state index contributed by atoms with van der Waals surface area (Å²) in [4.78, 5) is 17.2. The number of piperidine rings is 1. The van der Waals surface area contributed by atoms with E-state index in [1.807, 2.05) is 35.2 Å². The second kappa shape index (κ2) is 11.0. The van der Waals surface area contributed by atoms with Crippen LogP contribution >= 0.6 is 0 Å². The minimum atomic E-state index is -0.247. The van der Waals surface area contributed by atoms with Gasteiger partial charge in [0.2, 0.25) is 0 Å². The second-order valence-electron chi connectivity index (χ2n) is 7.58. The molecule has 0 spiro atoms. The summed E-state index contributed by atoms with van der Waals surface area (Å²) in [7, 11) is 0. The SMILES string of the molecule is CCCN(CCCOc1ccc(F)cc1)C1CCN(C(=O)c2ccccc2)CC1. The Hall–Kier alpha value is -2.40. The minimum absolute atomic E-state index is 0.138. The Morgan fingerprint density at radius 1 is 1.07 bits per heavy atom. The maximum Gasteiger partial charge on any atom is 0.253 e. The van der Waals surface area contributed by atoms with Crippen LogP contribution in [0.4, 0.5) is 4.39 Å².